The molecule has 3 aromatic carbocycles. The average molecular weight is 521 g/mol. The zero-order valence-corrected chi connectivity index (χ0v) is 19.0. The summed E-state index contributed by atoms with van der Waals surface area (Å²) >= 11 is 8.56. The molecule has 29 heavy (non-hydrogen) atoms. The van der Waals surface area contributed by atoms with Gasteiger partial charge in [0, 0.05) is 34.3 Å². The Kier molecular flexibility index (Phi) is 5.56. The van der Waals surface area contributed by atoms with Gasteiger partial charge >= 0.3 is 0 Å². The SMILES string of the molecule is COc1cc(OC)cc(-c2ccc3c(c2)nc(I)n3-c2ccc(OC)c(Cl)c2)c1. The van der Waals surface area contributed by atoms with Gasteiger partial charge in [0.15, 0.2) is 3.83 Å². The van der Waals surface area contributed by atoms with Crippen LogP contribution in [0.25, 0.3) is 27.8 Å². The Morgan fingerprint density at radius 3 is 2.17 bits per heavy atom. The second-order valence-corrected chi connectivity index (χ2v) is 7.71. The summed E-state index contributed by atoms with van der Waals surface area (Å²) in [5, 5.41) is 0.558. The van der Waals surface area contributed by atoms with Crippen molar-refractivity contribution >= 4 is 45.2 Å². The van der Waals surface area contributed by atoms with Crippen molar-refractivity contribution in [2.75, 3.05) is 21.3 Å². The van der Waals surface area contributed by atoms with Gasteiger partial charge in [-0.1, -0.05) is 17.7 Å². The number of hydrogen-bond acceptors (Lipinski definition) is 4. The van der Waals surface area contributed by atoms with E-state index in [9.17, 15) is 0 Å². The van der Waals surface area contributed by atoms with E-state index in [-0.39, 0.29) is 0 Å². The fourth-order valence-corrected chi connectivity index (χ4v) is 4.29. The van der Waals surface area contributed by atoms with Crippen molar-refractivity contribution in [2.45, 2.75) is 0 Å². The fourth-order valence-electron chi connectivity index (χ4n) is 3.24. The number of aromatic nitrogens is 2. The van der Waals surface area contributed by atoms with E-state index in [1.54, 1.807) is 21.3 Å². The third-order valence-electron chi connectivity index (χ3n) is 4.69. The van der Waals surface area contributed by atoms with Crippen LogP contribution in [0.5, 0.6) is 17.2 Å². The van der Waals surface area contributed by atoms with Gasteiger partial charge in [-0.2, -0.15) is 0 Å². The van der Waals surface area contributed by atoms with E-state index in [4.69, 9.17) is 30.8 Å². The number of ether oxygens (including phenoxy) is 3. The zero-order chi connectivity index (χ0) is 20.5. The van der Waals surface area contributed by atoms with Crippen LogP contribution in [-0.4, -0.2) is 30.9 Å². The van der Waals surface area contributed by atoms with Crippen molar-refractivity contribution in [3.63, 3.8) is 0 Å². The number of imidazole rings is 1. The van der Waals surface area contributed by atoms with E-state index < -0.39 is 0 Å². The molecular formula is C22H18ClIN2O3. The Morgan fingerprint density at radius 2 is 1.55 bits per heavy atom. The van der Waals surface area contributed by atoms with Crippen LogP contribution in [0.4, 0.5) is 0 Å². The van der Waals surface area contributed by atoms with Crippen molar-refractivity contribution in [3.8, 4) is 34.1 Å². The number of hydrogen-bond donors (Lipinski definition) is 0. The first kappa shape index (κ1) is 19.8. The summed E-state index contributed by atoms with van der Waals surface area (Å²) in [5.74, 6) is 2.13. The molecule has 0 aliphatic rings. The summed E-state index contributed by atoms with van der Waals surface area (Å²) in [6.45, 7) is 0. The van der Waals surface area contributed by atoms with Crippen LogP contribution in [-0.2, 0) is 0 Å². The lowest BCUT2D eigenvalue weighted by molar-refractivity contribution is 0.394. The molecule has 0 amide bonds. The molecule has 0 saturated heterocycles. The Bertz CT molecular complexity index is 1180. The van der Waals surface area contributed by atoms with E-state index in [0.29, 0.717) is 10.8 Å². The molecule has 0 aliphatic carbocycles. The number of nitrogens with zero attached hydrogens (tertiary/aromatic N) is 2. The van der Waals surface area contributed by atoms with Gasteiger partial charge in [0.25, 0.3) is 0 Å². The largest absolute Gasteiger partial charge is 0.497 e. The van der Waals surface area contributed by atoms with Crippen LogP contribution in [0.15, 0.2) is 54.6 Å². The van der Waals surface area contributed by atoms with E-state index >= 15 is 0 Å². The number of halogens is 2. The molecule has 0 N–H and O–H groups in total. The first-order chi connectivity index (χ1) is 14.0. The molecule has 0 radical (unpaired) electrons. The summed E-state index contributed by atoms with van der Waals surface area (Å²) in [6, 6.07) is 17.7. The van der Waals surface area contributed by atoms with Gasteiger partial charge in [-0.25, -0.2) is 4.98 Å². The third kappa shape index (κ3) is 3.74. The second-order valence-electron chi connectivity index (χ2n) is 6.34. The molecule has 4 aromatic rings. The summed E-state index contributed by atoms with van der Waals surface area (Å²) < 4.78 is 19.0. The van der Waals surface area contributed by atoms with E-state index in [0.717, 1.165) is 43.2 Å². The first-order valence-corrected chi connectivity index (χ1v) is 10.2. The first-order valence-electron chi connectivity index (χ1n) is 8.79. The van der Waals surface area contributed by atoms with Crippen LogP contribution in [0.1, 0.15) is 0 Å². The Hall–Kier alpha value is -2.45. The van der Waals surface area contributed by atoms with Gasteiger partial charge in [-0.05, 0) is 53.6 Å². The van der Waals surface area contributed by atoms with Crippen molar-refractivity contribution in [3.05, 3.63) is 63.5 Å². The van der Waals surface area contributed by atoms with Crippen molar-refractivity contribution in [1.82, 2.24) is 9.55 Å². The molecule has 0 saturated carbocycles. The lowest BCUT2D eigenvalue weighted by Gasteiger charge is -2.10. The maximum atomic E-state index is 6.33. The van der Waals surface area contributed by atoms with Crippen LogP contribution in [0.3, 0.4) is 0 Å². The van der Waals surface area contributed by atoms with Crippen molar-refractivity contribution in [2.24, 2.45) is 0 Å². The number of methoxy groups -OCH3 is 3. The Labute approximate surface area is 187 Å². The highest BCUT2D eigenvalue weighted by molar-refractivity contribution is 14.1. The highest BCUT2D eigenvalue weighted by Gasteiger charge is 2.14. The Morgan fingerprint density at radius 1 is 0.828 bits per heavy atom. The quantitative estimate of drug-likeness (QED) is 0.304. The summed E-state index contributed by atoms with van der Waals surface area (Å²) in [5.41, 5.74) is 4.84. The minimum absolute atomic E-state index is 0.558. The predicted molar refractivity (Wildman–Crippen MR) is 124 cm³/mol. The normalized spacial score (nSPS) is 10.9. The molecule has 0 aliphatic heterocycles. The number of fused-ring (bicyclic) bond motifs is 1. The molecule has 4 rings (SSSR count). The van der Waals surface area contributed by atoms with Crippen LogP contribution >= 0.6 is 34.2 Å². The molecule has 5 nitrogen and oxygen atoms in total. The predicted octanol–water partition coefficient (Wildman–Crippen LogP) is 5.98. The van der Waals surface area contributed by atoms with Crippen LogP contribution < -0.4 is 14.2 Å². The highest BCUT2D eigenvalue weighted by atomic mass is 127. The monoisotopic (exact) mass is 520 g/mol. The highest BCUT2D eigenvalue weighted by Crippen LogP contribution is 2.34. The smallest absolute Gasteiger partial charge is 0.177 e. The standard InChI is InChI=1S/C22H18ClIN2O3/c1-27-16-8-14(9-17(12-16)28-2)13-4-6-20-19(10-13)25-22(24)26(20)15-5-7-21(29-3)18(23)11-15/h4-12H,1-3H3. The molecule has 0 bridgehead atoms. The van der Waals surface area contributed by atoms with E-state index in [2.05, 4.69) is 45.4 Å². The molecule has 0 fully saturated rings. The molecule has 0 atom stereocenters. The maximum Gasteiger partial charge on any atom is 0.177 e. The van der Waals surface area contributed by atoms with Crippen LogP contribution in [0, 0.1) is 3.83 Å². The summed E-state index contributed by atoms with van der Waals surface area (Å²) in [7, 11) is 4.89. The zero-order valence-electron chi connectivity index (χ0n) is 16.1. The second kappa shape index (κ2) is 8.12. The molecule has 1 aromatic heterocycles. The molecule has 7 heteroatoms. The molecule has 148 valence electrons. The van der Waals surface area contributed by atoms with E-state index in [1.165, 1.54) is 0 Å². The van der Waals surface area contributed by atoms with Crippen LogP contribution in [0.2, 0.25) is 5.02 Å². The van der Waals surface area contributed by atoms with Gasteiger partial charge < -0.3 is 14.2 Å². The summed E-state index contributed by atoms with van der Waals surface area (Å²) in [4.78, 5) is 4.75. The Balaban J connectivity index is 1.83. The van der Waals surface area contributed by atoms with Crippen molar-refractivity contribution < 1.29 is 14.2 Å². The molecule has 0 spiro atoms. The molecule has 1 heterocycles. The third-order valence-corrected chi connectivity index (χ3v) is 5.71. The van der Waals surface area contributed by atoms with Crippen molar-refractivity contribution in [1.29, 1.82) is 0 Å². The topological polar surface area (TPSA) is 45.5 Å². The van der Waals surface area contributed by atoms with Gasteiger partial charge in [-0.15, -0.1) is 0 Å². The molecule has 0 unspecified atom stereocenters. The van der Waals surface area contributed by atoms with Gasteiger partial charge in [0.05, 0.1) is 37.4 Å². The maximum absolute atomic E-state index is 6.33. The van der Waals surface area contributed by atoms with E-state index in [1.807, 2.05) is 36.4 Å². The minimum atomic E-state index is 0.558. The van der Waals surface area contributed by atoms with Gasteiger partial charge in [-0.3, -0.25) is 4.57 Å². The average Bonchev–Trinajstić information content (AvgIpc) is 3.07. The minimum Gasteiger partial charge on any atom is -0.497 e. The lowest BCUT2D eigenvalue weighted by Crippen LogP contribution is -1.97. The number of benzene rings is 3. The molecular weight excluding hydrogens is 503 g/mol. The number of rotatable bonds is 5. The fraction of sp³-hybridized carbons (Fsp3) is 0.136. The van der Waals surface area contributed by atoms with Gasteiger partial charge in [0.2, 0.25) is 0 Å². The van der Waals surface area contributed by atoms with Gasteiger partial charge in [0.1, 0.15) is 17.2 Å². The summed E-state index contributed by atoms with van der Waals surface area (Å²) in [6.07, 6.45) is 0. The lowest BCUT2D eigenvalue weighted by atomic mass is 10.0.